The number of nitrogens with one attached hydrogen (secondary N) is 3. The number of hydrogen-bond donors (Lipinski definition) is 3. The van der Waals surface area contributed by atoms with Crippen molar-refractivity contribution in [1.82, 2.24) is 20.2 Å². The molecule has 0 spiro atoms. The highest BCUT2D eigenvalue weighted by Gasteiger charge is 2.34. The lowest BCUT2D eigenvalue weighted by molar-refractivity contribution is -0.139. The van der Waals surface area contributed by atoms with E-state index in [0.29, 0.717) is 45.9 Å². The summed E-state index contributed by atoms with van der Waals surface area (Å²) < 4.78 is 59.5. The lowest BCUT2D eigenvalue weighted by Gasteiger charge is -2.37. The zero-order valence-corrected chi connectivity index (χ0v) is 33.5. The maximum absolute atomic E-state index is 14.0. The van der Waals surface area contributed by atoms with Crippen molar-refractivity contribution in [3.8, 4) is 5.75 Å². The van der Waals surface area contributed by atoms with Gasteiger partial charge < -0.3 is 29.7 Å². The second-order valence-electron chi connectivity index (χ2n) is 16.7. The van der Waals surface area contributed by atoms with Gasteiger partial charge in [-0.1, -0.05) is 0 Å². The Kier molecular flexibility index (Phi) is 13.0. The Morgan fingerprint density at radius 1 is 0.946 bits per heavy atom. The second-order valence-corrected chi connectivity index (χ2v) is 16.7. The van der Waals surface area contributed by atoms with Crippen molar-refractivity contribution in [3.05, 3.63) is 52.8 Å². The minimum absolute atomic E-state index is 0.00791. The standard InChI is InChI=1S/C42H57F3N6O5/c1-25(30-19-31(42(43,44)45)21-32(20-30)50-40(53)56-41(3,4)5)47-38-35-22-34(37(54-6)23-36(35)48-26(2)49-38)28-7-9-29(10-8-28)39(52)51-17-13-27(14-18-51)24-55-33-11-15-46-16-12-33/h19-23,25,27-29,33,46H,7-18,24H2,1-6H3,(H,50,53)(H,47,48,49)/t25-,28?,29?/m1/s1. The molecule has 2 saturated heterocycles. The SMILES string of the molecule is COc1cc2nc(C)nc(N[C@H](C)c3cc(NC(=O)OC(C)(C)C)cc(C(F)(F)F)c3)c2cc1C1CCC(C(=O)N2CCC(COC3CCNCC3)CC2)CC1. The number of methoxy groups -OCH3 is 1. The number of aryl methyl sites for hydroxylation is 1. The van der Waals surface area contributed by atoms with Crippen molar-refractivity contribution in [2.75, 3.05) is 50.5 Å². The highest BCUT2D eigenvalue weighted by molar-refractivity contribution is 5.91. The summed E-state index contributed by atoms with van der Waals surface area (Å²) in [6.07, 6.45) is 2.16. The zero-order valence-electron chi connectivity index (χ0n) is 33.5. The Morgan fingerprint density at radius 2 is 1.64 bits per heavy atom. The van der Waals surface area contributed by atoms with Crippen LogP contribution in [0.3, 0.4) is 0 Å². The largest absolute Gasteiger partial charge is 0.496 e. The third-order valence-corrected chi connectivity index (χ3v) is 11.2. The average Bonchev–Trinajstić information content (AvgIpc) is 3.15. The first-order valence-electron chi connectivity index (χ1n) is 20.0. The minimum Gasteiger partial charge on any atom is -0.496 e. The van der Waals surface area contributed by atoms with Crippen LogP contribution < -0.4 is 20.7 Å². The van der Waals surface area contributed by atoms with Gasteiger partial charge in [0, 0.05) is 42.8 Å². The van der Waals surface area contributed by atoms with E-state index in [-0.39, 0.29) is 23.4 Å². The fourth-order valence-corrected chi connectivity index (χ4v) is 8.21. The van der Waals surface area contributed by atoms with Gasteiger partial charge in [-0.15, -0.1) is 0 Å². The summed E-state index contributed by atoms with van der Waals surface area (Å²) in [5.41, 5.74) is 0.157. The Balaban J connectivity index is 1.14. The average molecular weight is 783 g/mol. The van der Waals surface area contributed by atoms with E-state index in [1.165, 1.54) is 6.07 Å². The van der Waals surface area contributed by atoms with E-state index in [2.05, 4.69) is 30.8 Å². The molecule has 2 amide bonds. The number of rotatable bonds is 10. The molecule has 11 nitrogen and oxygen atoms in total. The van der Waals surface area contributed by atoms with Gasteiger partial charge in [0.2, 0.25) is 5.91 Å². The molecule has 2 aromatic carbocycles. The first-order valence-corrected chi connectivity index (χ1v) is 20.0. The van der Waals surface area contributed by atoms with Crippen LogP contribution >= 0.6 is 0 Å². The van der Waals surface area contributed by atoms with Crippen molar-refractivity contribution in [1.29, 1.82) is 0 Å². The summed E-state index contributed by atoms with van der Waals surface area (Å²) in [6.45, 7) is 12.9. The monoisotopic (exact) mass is 782 g/mol. The van der Waals surface area contributed by atoms with Gasteiger partial charge in [-0.2, -0.15) is 13.2 Å². The molecule has 0 bridgehead atoms. The van der Waals surface area contributed by atoms with Gasteiger partial charge in [0.05, 0.1) is 30.3 Å². The Labute approximate surface area is 327 Å². The van der Waals surface area contributed by atoms with E-state index in [0.717, 1.165) is 102 Å². The number of nitrogens with zero attached hydrogens (tertiary/aromatic N) is 3. The van der Waals surface area contributed by atoms with E-state index < -0.39 is 29.5 Å². The molecule has 0 unspecified atom stereocenters. The van der Waals surface area contributed by atoms with Crippen LogP contribution in [0.1, 0.15) is 114 Å². The van der Waals surface area contributed by atoms with Crippen LogP contribution in [0.5, 0.6) is 5.75 Å². The first kappa shape index (κ1) is 41.5. The molecule has 3 aromatic rings. The topological polar surface area (TPSA) is 127 Å². The summed E-state index contributed by atoms with van der Waals surface area (Å²) in [5.74, 6) is 2.55. The summed E-state index contributed by atoms with van der Waals surface area (Å²) >= 11 is 0. The van der Waals surface area contributed by atoms with E-state index in [9.17, 15) is 22.8 Å². The number of benzene rings is 2. The molecule has 1 atom stereocenters. The molecule has 3 N–H and O–H groups in total. The van der Waals surface area contributed by atoms with Crippen LogP contribution in [-0.2, 0) is 20.4 Å². The number of halogens is 3. The molecule has 14 heteroatoms. The normalized spacial score (nSPS) is 20.8. The highest BCUT2D eigenvalue weighted by atomic mass is 19.4. The Hall–Kier alpha value is -4.17. The van der Waals surface area contributed by atoms with Gasteiger partial charge in [-0.05, 0) is 146 Å². The molecule has 1 saturated carbocycles. The van der Waals surface area contributed by atoms with Gasteiger partial charge in [0.1, 0.15) is 23.0 Å². The van der Waals surface area contributed by atoms with Crippen LogP contribution in [0.15, 0.2) is 30.3 Å². The molecular weight excluding hydrogens is 725 g/mol. The number of carbonyl (C=O) groups excluding carboxylic acids is 2. The molecule has 3 fully saturated rings. The smallest absolute Gasteiger partial charge is 0.416 e. The molecular formula is C42H57F3N6O5. The van der Waals surface area contributed by atoms with Crippen LogP contribution in [0.2, 0.25) is 0 Å². The predicted octanol–water partition coefficient (Wildman–Crippen LogP) is 8.77. The fourth-order valence-electron chi connectivity index (χ4n) is 8.21. The summed E-state index contributed by atoms with van der Waals surface area (Å²) in [5, 5.41) is 9.87. The third-order valence-electron chi connectivity index (χ3n) is 11.2. The zero-order chi connectivity index (χ0) is 40.2. The van der Waals surface area contributed by atoms with Crippen LogP contribution in [0, 0.1) is 18.8 Å². The molecule has 1 aromatic heterocycles. The van der Waals surface area contributed by atoms with E-state index in [1.807, 2.05) is 12.1 Å². The summed E-state index contributed by atoms with van der Waals surface area (Å²) in [6, 6.07) is 6.71. The molecule has 2 aliphatic heterocycles. The number of fused-ring (bicyclic) bond motifs is 1. The summed E-state index contributed by atoms with van der Waals surface area (Å²) in [4.78, 5) is 37.5. The Morgan fingerprint density at radius 3 is 2.29 bits per heavy atom. The van der Waals surface area contributed by atoms with Gasteiger partial charge in [0.25, 0.3) is 0 Å². The summed E-state index contributed by atoms with van der Waals surface area (Å²) in [7, 11) is 1.63. The highest BCUT2D eigenvalue weighted by Crippen LogP contribution is 2.43. The number of aromatic nitrogens is 2. The maximum Gasteiger partial charge on any atom is 0.416 e. The quantitative estimate of drug-likeness (QED) is 0.185. The number of alkyl halides is 3. The van der Waals surface area contributed by atoms with Crippen molar-refractivity contribution in [2.45, 2.75) is 116 Å². The molecule has 306 valence electrons. The minimum atomic E-state index is -4.65. The number of anilines is 2. The van der Waals surface area contributed by atoms with E-state index in [4.69, 9.17) is 14.2 Å². The first-order chi connectivity index (χ1) is 26.6. The van der Waals surface area contributed by atoms with Crippen LogP contribution in [0.4, 0.5) is 29.5 Å². The number of amides is 2. The van der Waals surface area contributed by atoms with Gasteiger partial charge in [-0.3, -0.25) is 10.1 Å². The molecule has 56 heavy (non-hydrogen) atoms. The van der Waals surface area contributed by atoms with Crippen molar-refractivity contribution >= 4 is 34.4 Å². The molecule has 1 aliphatic carbocycles. The van der Waals surface area contributed by atoms with E-state index >= 15 is 0 Å². The number of likely N-dealkylation sites (tertiary alicyclic amines) is 1. The fraction of sp³-hybridized carbons (Fsp3) is 0.619. The lowest BCUT2D eigenvalue weighted by atomic mass is 9.77. The number of hydrogen-bond acceptors (Lipinski definition) is 9. The number of piperidine rings is 2. The lowest BCUT2D eigenvalue weighted by Crippen LogP contribution is -2.43. The maximum atomic E-state index is 14.0. The third kappa shape index (κ3) is 10.6. The predicted molar refractivity (Wildman–Crippen MR) is 210 cm³/mol. The number of carbonyl (C=O) groups is 2. The van der Waals surface area contributed by atoms with Gasteiger partial charge in [0.15, 0.2) is 0 Å². The van der Waals surface area contributed by atoms with Crippen LogP contribution in [-0.4, -0.2) is 78.5 Å². The van der Waals surface area contributed by atoms with Gasteiger partial charge in [-0.25, -0.2) is 14.8 Å². The second kappa shape index (κ2) is 17.5. The molecule has 0 radical (unpaired) electrons. The van der Waals surface area contributed by atoms with Gasteiger partial charge >= 0.3 is 12.3 Å². The molecule has 3 aliphatic rings. The molecule has 6 rings (SSSR count). The molecule has 3 heterocycles. The van der Waals surface area contributed by atoms with Crippen molar-refractivity contribution in [3.63, 3.8) is 0 Å². The van der Waals surface area contributed by atoms with E-state index in [1.54, 1.807) is 41.7 Å². The Bertz CT molecular complexity index is 1850. The van der Waals surface area contributed by atoms with Crippen LogP contribution in [0.25, 0.3) is 10.9 Å². The number of ether oxygens (including phenoxy) is 3. The van der Waals surface area contributed by atoms with Crippen molar-refractivity contribution < 1.29 is 37.0 Å². The van der Waals surface area contributed by atoms with Crippen molar-refractivity contribution in [2.24, 2.45) is 11.8 Å².